The quantitative estimate of drug-likeness (QED) is 0.796. The van der Waals surface area contributed by atoms with E-state index >= 15 is 0 Å². The maximum Gasteiger partial charge on any atom is 0.308 e. The summed E-state index contributed by atoms with van der Waals surface area (Å²) in [5.74, 6) is -0.0745. The summed E-state index contributed by atoms with van der Waals surface area (Å²) < 4.78 is 4.54. The molecule has 1 rings (SSSR count). The zero-order valence-electron chi connectivity index (χ0n) is 9.93. The monoisotopic (exact) mass is 222 g/mol. The first-order valence-electron chi connectivity index (χ1n) is 5.40. The second-order valence-corrected chi connectivity index (χ2v) is 4.08. The number of ether oxygens (including phenoxy) is 1. The Morgan fingerprint density at radius 2 is 1.88 bits per heavy atom. The average Bonchev–Trinajstić information content (AvgIpc) is 2.28. The summed E-state index contributed by atoms with van der Waals surface area (Å²) in [5, 5.41) is 9.95. The number of aliphatic hydroxyl groups is 1. The zero-order chi connectivity index (χ0) is 12.1. The maximum absolute atomic E-state index is 11.1. The number of hydrogen-bond donors (Lipinski definition) is 1. The number of hydrogen-bond acceptors (Lipinski definition) is 3. The Kier molecular flexibility index (Phi) is 4.50. The van der Waals surface area contributed by atoms with Crippen molar-refractivity contribution in [3.8, 4) is 0 Å². The molecule has 0 aromatic heterocycles. The summed E-state index contributed by atoms with van der Waals surface area (Å²) in [6, 6.07) is 7.62. The molecule has 0 bridgehead atoms. The summed E-state index contributed by atoms with van der Waals surface area (Å²) in [4.78, 5) is 11.1. The zero-order valence-corrected chi connectivity index (χ0v) is 9.93. The lowest BCUT2D eigenvalue weighted by atomic mass is 9.93. The van der Waals surface area contributed by atoms with Crippen LogP contribution in [0.4, 0.5) is 0 Å². The van der Waals surface area contributed by atoms with Gasteiger partial charge in [0.2, 0.25) is 0 Å². The number of carbonyl (C=O) groups excluding carboxylic acids is 1. The van der Waals surface area contributed by atoms with Gasteiger partial charge in [-0.25, -0.2) is 0 Å². The van der Waals surface area contributed by atoms with Gasteiger partial charge in [-0.1, -0.05) is 38.1 Å². The Morgan fingerprint density at radius 3 is 2.38 bits per heavy atom. The van der Waals surface area contributed by atoms with Crippen LogP contribution < -0.4 is 0 Å². The molecule has 0 saturated carbocycles. The number of methoxy groups -OCH3 is 1. The molecule has 0 radical (unpaired) electrons. The van der Waals surface area contributed by atoms with Gasteiger partial charge in [-0.3, -0.25) is 4.79 Å². The van der Waals surface area contributed by atoms with Crippen LogP contribution in [-0.4, -0.2) is 18.2 Å². The number of esters is 1. The van der Waals surface area contributed by atoms with Crippen LogP contribution >= 0.6 is 0 Å². The van der Waals surface area contributed by atoms with Gasteiger partial charge >= 0.3 is 5.97 Å². The smallest absolute Gasteiger partial charge is 0.308 e. The Labute approximate surface area is 96.1 Å². The topological polar surface area (TPSA) is 46.5 Å². The lowest BCUT2D eigenvalue weighted by Gasteiger charge is -2.16. The van der Waals surface area contributed by atoms with Crippen molar-refractivity contribution in [2.45, 2.75) is 32.3 Å². The van der Waals surface area contributed by atoms with Crippen molar-refractivity contribution in [2.75, 3.05) is 7.11 Å². The molecular weight excluding hydrogens is 204 g/mol. The van der Waals surface area contributed by atoms with E-state index in [1.165, 1.54) is 7.11 Å². The molecule has 1 N–H and O–H groups in total. The van der Waals surface area contributed by atoms with E-state index in [1.807, 2.05) is 24.3 Å². The van der Waals surface area contributed by atoms with Gasteiger partial charge in [0.15, 0.2) is 0 Å². The van der Waals surface area contributed by atoms with Crippen LogP contribution in [0.5, 0.6) is 0 Å². The van der Waals surface area contributed by atoms with Gasteiger partial charge in [0.1, 0.15) is 0 Å². The molecule has 1 aromatic rings. The minimum atomic E-state index is -0.786. The van der Waals surface area contributed by atoms with E-state index in [0.717, 1.165) is 11.1 Å². The van der Waals surface area contributed by atoms with E-state index in [0.29, 0.717) is 5.92 Å². The van der Waals surface area contributed by atoms with Crippen LogP contribution in [0.2, 0.25) is 0 Å². The molecule has 0 unspecified atom stereocenters. The molecule has 0 heterocycles. The highest BCUT2D eigenvalue weighted by atomic mass is 16.5. The van der Waals surface area contributed by atoms with Crippen molar-refractivity contribution in [3.63, 3.8) is 0 Å². The fourth-order valence-electron chi connectivity index (χ4n) is 1.69. The molecule has 3 heteroatoms. The molecule has 0 amide bonds. The molecular formula is C13H18O3. The van der Waals surface area contributed by atoms with Gasteiger partial charge < -0.3 is 9.84 Å². The van der Waals surface area contributed by atoms with E-state index in [4.69, 9.17) is 0 Å². The number of rotatable bonds is 4. The second-order valence-electron chi connectivity index (χ2n) is 4.08. The van der Waals surface area contributed by atoms with E-state index in [2.05, 4.69) is 18.6 Å². The first-order valence-corrected chi connectivity index (χ1v) is 5.40. The Hall–Kier alpha value is -1.35. The minimum Gasteiger partial charge on any atom is -0.469 e. The van der Waals surface area contributed by atoms with Gasteiger partial charge in [-0.2, -0.15) is 0 Å². The predicted octanol–water partition coefficient (Wildman–Crippen LogP) is 2.41. The van der Waals surface area contributed by atoms with Crippen LogP contribution in [0.15, 0.2) is 24.3 Å². The normalized spacial score (nSPS) is 12.6. The van der Waals surface area contributed by atoms with Crippen molar-refractivity contribution in [1.82, 2.24) is 0 Å². The van der Waals surface area contributed by atoms with E-state index in [1.54, 1.807) is 0 Å². The molecule has 1 atom stereocenters. The SMILES string of the molecule is COC(=O)C[C@@H](O)c1ccccc1C(C)C. The van der Waals surface area contributed by atoms with Crippen LogP contribution in [0.25, 0.3) is 0 Å². The summed E-state index contributed by atoms with van der Waals surface area (Å²) in [5.41, 5.74) is 1.88. The van der Waals surface area contributed by atoms with Crippen molar-refractivity contribution in [3.05, 3.63) is 35.4 Å². The molecule has 0 spiro atoms. The third kappa shape index (κ3) is 3.07. The lowest BCUT2D eigenvalue weighted by Crippen LogP contribution is -2.10. The first-order chi connectivity index (χ1) is 7.56. The summed E-state index contributed by atoms with van der Waals surface area (Å²) in [6.07, 6.45) is -0.786. The average molecular weight is 222 g/mol. The van der Waals surface area contributed by atoms with E-state index in [-0.39, 0.29) is 6.42 Å². The number of aliphatic hydroxyl groups excluding tert-OH is 1. The molecule has 1 aromatic carbocycles. The highest BCUT2D eigenvalue weighted by Crippen LogP contribution is 2.26. The lowest BCUT2D eigenvalue weighted by molar-refractivity contribution is -0.142. The van der Waals surface area contributed by atoms with Crippen LogP contribution in [0.1, 0.15) is 43.4 Å². The maximum atomic E-state index is 11.1. The summed E-state index contributed by atoms with van der Waals surface area (Å²) in [6.45, 7) is 4.12. The Bertz CT molecular complexity index is 358. The largest absolute Gasteiger partial charge is 0.469 e. The molecule has 0 saturated heterocycles. The fraction of sp³-hybridized carbons (Fsp3) is 0.462. The third-order valence-corrected chi connectivity index (χ3v) is 2.56. The number of carbonyl (C=O) groups is 1. The van der Waals surface area contributed by atoms with Gasteiger partial charge in [0.05, 0.1) is 19.6 Å². The van der Waals surface area contributed by atoms with Crippen LogP contribution in [0, 0.1) is 0 Å². The standard InChI is InChI=1S/C13H18O3/c1-9(2)10-6-4-5-7-11(10)12(14)8-13(15)16-3/h4-7,9,12,14H,8H2,1-3H3/t12-/m1/s1. The van der Waals surface area contributed by atoms with Gasteiger partial charge in [-0.05, 0) is 17.0 Å². The summed E-state index contributed by atoms with van der Waals surface area (Å²) in [7, 11) is 1.32. The van der Waals surface area contributed by atoms with Crippen molar-refractivity contribution < 1.29 is 14.6 Å². The Morgan fingerprint density at radius 1 is 1.31 bits per heavy atom. The van der Waals surface area contributed by atoms with E-state index < -0.39 is 12.1 Å². The molecule has 0 aliphatic rings. The van der Waals surface area contributed by atoms with Gasteiger partial charge in [-0.15, -0.1) is 0 Å². The van der Waals surface area contributed by atoms with Crippen molar-refractivity contribution in [1.29, 1.82) is 0 Å². The molecule has 0 aliphatic carbocycles. The number of benzene rings is 1. The van der Waals surface area contributed by atoms with Gasteiger partial charge in [0, 0.05) is 0 Å². The Balaban J connectivity index is 2.90. The first kappa shape index (κ1) is 12.7. The van der Waals surface area contributed by atoms with Crippen molar-refractivity contribution >= 4 is 5.97 Å². The minimum absolute atomic E-state index is 0.000231. The highest BCUT2D eigenvalue weighted by molar-refractivity contribution is 5.70. The molecule has 16 heavy (non-hydrogen) atoms. The van der Waals surface area contributed by atoms with Crippen LogP contribution in [0.3, 0.4) is 0 Å². The molecule has 0 aliphatic heterocycles. The van der Waals surface area contributed by atoms with Gasteiger partial charge in [0.25, 0.3) is 0 Å². The molecule has 0 fully saturated rings. The second kappa shape index (κ2) is 5.66. The molecule has 3 nitrogen and oxygen atoms in total. The summed E-state index contributed by atoms with van der Waals surface area (Å²) >= 11 is 0. The van der Waals surface area contributed by atoms with Crippen LogP contribution in [-0.2, 0) is 9.53 Å². The fourth-order valence-corrected chi connectivity index (χ4v) is 1.69. The predicted molar refractivity (Wildman–Crippen MR) is 62.1 cm³/mol. The third-order valence-electron chi connectivity index (χ3n) is 2.56. The molecule has 88 valence electrons. The highest BCUT2D eigenvalue weighted by Gasteiger charge is 2.17. The van der Waals surface area contributed by atoms with E-state index in [9.17, 15) is 9.90 Å². The van der Waals surface area contributed by atoms with Crippen molar-refractivity contribution in [2.24, 2.45) is 0 Å².